The van der Waals surface area contributed by atoms with Gasteiger partial charge in [0.2, 0.25) is 0 Å². The molecule has 3 nitrogen and oxygen atoms in total. The molecule has 1 aromatic carbocycles. The molecule has 0 unspecified atom stereocenters. The van der Waals surface area contributed by atoms with Crippen LogP contribution in [-0.4, -0.2) is 28.6 Å². The lowest BCUT2D eigenvalue weighted by Gasteiger charge is -2.31. The van der Waals surface area contributed by atoms with Crippen molar-refractivity contribution in [3.05, 3.63) is 42.0 Å². The maximum atomic E-state index is 6.08. The van der Waals surface area contributed by atoms with Crippen LogP contribution in [0.2, 0.25) is 0 Å². The van der Waals surface area contributed by atoms with Gasteiger partial charge in [0.15, 0.2) is 0 Å². The highest BCUT2D eigenvalue weighted by Gasteiger charge is 2.45. The molecule has 4 heteroatoms. The molecule has 1 rings (SSSR count). The largest absolute Gasteiger partial charge is 0.537 e. The number of unbranched alkanes of at least 4 members (excludes halogenated alkanes) is 2. The average molecular weight is 323 g/mol. The molecule has 0 radical (unpaired) electrons. The third-order valence-corrected chi connectivity index (χ3v) is 6.48. The number of benzene rings is 1. The zero-order chi connectivity index (χ0) is 16.3. The smallest absolute Gasteiger partial charge is 0.370 e. The fourth-order valence-corrected chi connectivity index (χ4v) is 5.19. The van der Waals surface area contributed by atoms with Crippen LogP contribution in [0.3, 0.4) is 0 Å². The highest BCUT2D eigenvalue weighted by atomic mass is 28.4. The van der Waals surface area contributed by atoms with Crippen LogP contribution in [0.1, 0.15) is 52.5 Å². The molecule has 1 aromatic rings. The third kappa shape index (κ3) is 5.36. The van der Waals surface area contributed by atoms with Gasteiger partial charge in [-0.25, -0.2) is 0 Å². The van der Waals surface area contributed by atoms with E-state index in [1.165, 1.54) is 6.42 Å². The van der Waals surface area contributed by atoms with Crippen LogP contribution < -0.4 is 0 Å². The Balaban J connectivity index is 3.25. The first-order valence-corrected chi connectivity index (χ1v) is 10.1. The summed E-state index contributed by atoms with van der Waals surface area (Å²) in [5, 5.41) is 1.10. The van der Waals surface area contributed by atoms with E-state index >= 15 is 0 Å². The van der Waals surface area contributed by atoms with E-state index in [9.17, 15) is 0 Å². The number of hydrogen-bond donors (Lipinski definition) is 0. The van der Waals surface area contributed by atoms with Crippen molar-refractivity contribution < 1.29 is 13.3 Å². The molecule has 0 fully saturated rings. The summed E-state index contributed by atoms with van der Waals surface area (Å²) >= 11 is 0. The highest BCUT2D eigenvalue weighted by Crippen LogP contribution is 2.30. The monoisotopic (exact) mass is 322 g/mol. The van der Waals surface area contributed by atoms with Crippen LogP contribution in [0.15, 0.2) is 36.4 Å². The van der Waals surface area contributed by atoms with Crippen LogP contribution in [0.5, 0.6) is 0 Å². The van der Waals surface area contributed by atoms with Crippen LogP contribution in [-0.2, 0) is 13.3 Å². The van der Waals surface area contributed by atoms with E-state index in [1.54, 1.807) is 0 Å². The molecule has 0 aromatic heterocycles. The molecule has 124 valence electrons. The van der Waals surface area contributed by atoms with Crippen molar-refractivity contribution in [2.75, 3.05) is 19.8 Å². The topological polar surface area (TPSA) is 27.7 Å². The molecule has 0 aliphatic rings. The van der Waals surface area contributed by atoms with E-state index in [4.69, 9.17) is 13.3 Å². The number of rotatable bonds is 11. The van der Waals surface area contributed by atoms with Crippen LogP contribution in [0, 0.1) is 0 Å². The van der Waals surface area contributed by atoms with Crippen molar-refractivity contribution in [3.63, 3.8) is 0 Å². The van der Waals surface area contributed by atoms with Crippen molar-refractivity contribution >= 4 is 14.0 Å². The first-order chi connectivity index (χ1) is 10.7. The van der Waals surface area contributed by atoms with Gasteiger partial charge < -0.3 is 13.3 Å². The first kappa shape index (κ1) is 19.1. The lowest BCUT2D eigenvalue weighted by atomic mass is 10.1. The maximum absolute atomic E-state index is 6.08. The molecule has 0 saturated carbocycles. The van der Waals surface area contributed by atoms with Gasteiger partial charge in [0, 0.05) is 25.0 Å². The van der Waals surface area contributed by atoms with Gasteiger partial charge in [-0.15, -0.1) is 0 Å². The molecule has 0 atom stereocenters. The minimum absolute atomic E-state index is 0.587. The fourth-order valence-electron chi connectivity index (χ4n) is 2.42. The summed E-state index contributed by atoms with van der Waals surface area (Å²) in [6.45, 7) is 9.95. The van der Waals surface area contributed by atoms with Crippen molar-refractivity contribution in [2.24, 2.45) is 0 Å². The molecule has 0 N–H and O–H groups in total. The second-order valence-corrected chi connectivity index (χ2v) is 7.50. The fraction of sp³-hybridized carbons (Fsp3) is 0.556. The van der Waals surface area contributed by atoms with Gasteiger partial charge in [-0.1, -0.05) is 56.2 Å². The van der Waals surface area contributed by atoms with Gasteiger partial charge in [0.25, 0.3) is 0 Å². The molecule has 0 bridgehead atoms. The predicted molar refractivity (Wildman–Crippen MR) is 94.6 cm³/mol. The standard InChI is InChI=1S/C18H30O3Si/c1-5-9-11-16-18(17-14-12-10-13-15-17)22(19-6-2,20-7-3)21-8-4/h10,12-16H,5-9,11H2,1-4H3/b18-16+. The van der Waals surface area contributed by atoms with Gasteiger partial charge in [-0.2, -0.15) is 0 Å². The molecule has 0 heterocycles. The van der Waals surface area contributed by atoms with Gasteiger partial charge in [0.05, 0.1) is 0 Å². The van der Waals surface area contributed by atoms with Crippen LogP contribution in [0.4, 0.5) is 0 Å². The lowest BCUT2D eigenvalue weighted by molar-refractivity contribution is 0.0870. The van der Waals surface area contributed by atoms with Gasteiger partial charge in [-0.3, -0.25) is 0 Å². The lowest BCUT2D eigenvalue weighted by Crippen LogP contribution is -2.47. The molecule has 0 aliphatic heterocycles. The van der Waals surface area contributed by atoms with E-state index in [1.807, 2.05) is 39.0 Å². The second-order valence-electron chi connectivity index (χ2n) is 4.98. The molecule has 0 amide bonds. The summed E-state index contributed by atoms with van der Waals surface area (Å²) in [5.74, 6) is 0. The van der Waals surface area contributed by atoms with Gasteiger partial charge in [-0.05, 0) is 32.8 Å². The van der Waals surface area contributed by atoms with E-state index in [-0.39, 0.29) is 0 Å². The molecule has 0 saturated heterocycles. The minimum atomic E-state index is -2.85. The van der Waals surface area contributed by atoms with E-state index in [0.29, 0.717) is 19.8 Å². The van der Waals surface area contributed by atoms with E-state index in [2.05, 4.69) is 25.1 Å². The Kier molecular flexibility index (Phi) is 9.32. The first-order valence-electron chi connectivity index (χ1n) is 8.41. The normalized spacial score (nSPS) is 12.6. The molecular formula is C18H30O3Si. The number of hydrogen-bond acceptors (Lipinski definition) is 3. The summed E-state index contributed by atoms with van der Waals surface area (Å²) < 4.78 is 18.3. The summed E-state index contributed by atoms with van der Waals surface area (Å²) in [6, 6.07) is 10.3. The summed E-state index contributed by atoms with van der Waals surface area (Å²) in [4.78, 5) is 0. The Hall–Kier alpha value is -0.943. The molecule has 0 spiro atoms. The van der Waals surface area contributed by atoms with Gasteiger partial charge >= 0.3 is 8.80 Å². The predicted octanol–water partition coefficient (Wildman–Crippen LogP) is 4.85. The maximum Gasteiger partial charge on any atom is 0.537 e. The Morgan fingerprint density at radius 1 is 0.909 bits per heavy atom. The summed E-state index contributed by atoms with van der Waals surface area (Å²) in [7, 11) is -2.85. The Labute approximate surface area is 136 Å². The Morgan fingerprint density at radius 2 is 1.45 bits per heavy atom. The van der Waals surface area contributed by atoms with E-state index in [0.717, 1.165) is 23.6 Å². The average Bonchev–Trinajstić information content (AvgIpc) is 2.53. The second kappa shape index (κ2) is 10.7. The molecular weight excluding hydrogens is 292 g/mol. The van der Waals surface area contributed by atoms with Crippen molar-refractivity contribution in [2.45, 2.75) is 47.0 Å². The summed E-state index contributed by atoms with van der Waals surface area (Å²) in [5.41, 5.74) is 1.14. The summed E-state index contributed by atoms with van der Waals surface area (Å²) in [6.07, 6.45) is 5.60. The quantitative estimate of drug-likeness (QED) is 0.430. The minimum Gasteiger partial charge on any atom is -0.370 e. The zero-order valence-electron chi connectivity index (χ0n) is 14.4. The third-order valence-electron chi connectivity index (χ3n) is 3.32. The van der Waals surface area contributed by atoms with E-state index < -0.39 is 8.80 Å². The highest BCUT2D eigenvalue weighted by molar-refractivity contribution is 6.81. The Morgan fingerprint density at radius 3 is 1.91 bits per heavy atom. The van der Waals surface area contributed by atoms with Crippen LogP contribution >= 0.6 is 0 Å². The molecule has 22 heavy (non-hydrogen) atoms. The van der Waals surface area contributed by atoms with Crippen LogP contribution in [0.25, 0.3) is 5.20 Å². The van der Waals surface area contributed by atoms with Gasteiger partial charge in [0.1, 0.15) is 0 Å². The zero-order valence-corrected chi connectivity index (χ0v) is 15.4. The van der Waals surface area contributed by atoms with Crippen molar-refractivity contribution in [3.8, 4) is 0 Å². The van der Waals surface area contributed by atoms with Crippen molar-refractivity contribution in [1.29, 1.82) is 0 Å². The number of allylic oxidation sites excluding steroid dienone is 1. The Bertz CT molecular complexity index is 414. The van der Waals surface area contributed by atoms with Crippen molar-refractivity contribution in [1.82, 2.24) is 0 Å². The SMILES string of the molecule is CCCC/C=C(\c1ccccc1)[Si](OCC)(OCC)OCC. The molecule has 0 aliphatic carbocycles.